The van der Waals surface area contributed by atoms with Gasteiger partial charge in [-0.3, -0.25) is 19.7 Å². The van der Waals surface area contributed by atoms with Gasteiger partial charge in [-0.1, -0.05) is 0 Å². The van der Waals surface area contributed by atoms with Crippen LogP contribution in [0.3, 0.4) is 0 Å². The zero-order chi connectivity index (χ0) is 14.7. The molecule has 20 heavy (non-hydrogen) atoms. The van der Waals surface area contributed by atoms with Crippen LogP contribution >= 0.6 is 0 Å². The zero-order valence-electron chi connectivity index (χ0n) is 11.4. The summed E-state index contributed by atoms with van der Waals surface area (Å²) in [4.78, 5) is 34.3. The molecule has 6 nitrogen and oxygen atoms in total. The second kappa shape index (κ2) is 5.73. The Hall–Kier alpha value is -2.37. The molecular formula is C14H17N3O3. The molecule has 3 amide bonds. The van der Waals surface area contributed by atoms with Crippen LogP contribution in [-0.4, -0.2) is 29.8 Å². The highest BCUT2D eigenvalue weighted by Gasteiger charge is 2.30. The van der Waals surface area contributed by atoms with Crippen LogP contribution in [0.5, 0.6) is 0 Å². The Morgan fingerprint density at radius 2 is 1.90 bits per heavy atom. The van der Waals surface area contributed by atoms with Crippen molar-refractivity contribution >= 4 is 23.4 Å². The molecule has 1 aliphatic heterocycles. The Balaban J connectivity index is 2.00. The van der Waals surface area contributed by atoms with Gasteiger partial charge >= 0.3 is 0 Å². The lowest BCUT2D eigenvalue weighted by molar-refractivity contribution is -0.124. The molecular weight excluding hydrogens is 258 g/mol. The van der Waals surface area contributed by atoms with E-state index in [1.54, 1.807) is 24.3 Å². The molecule has 3 N–H and O–H groups in total. The number of carbonyl (C=O) groups is 3. The van der Waals surface area contributed by atoms with E-state index in [1.165, 1.54) is 0 Å². The number of hydrogen-bond acceptors (Lipinski definition) is 4. The lowest BCUT2D eigenvalue weighted by atomic mass is 10.1. The van der Waals surface area contributed by atoms with Crippen molar-refractivity contribution in [1.29, 1.82) is 0 Å². The number of anilines is 1. The molecule has 1 aromatic rings. The first-order valence-corrected chi connectivity index (χ1v) is 6.47. The average molecular weight is 275 g/mol. The standard InChI is InChI=1S/C14H17N3O3/c1-8(2)15-13(19)9-3-5-10(6-4-9)16-11-7-12(18)17-14(11)20/h3-6,8,11,16H,7H2,1-2H3,(H,15,19)(H,17,18,20). The second-order valence-electron chi connectivity index (χ2n) is 5.02. The summed E-state index contributed by atoms with van der Waals surface area (Å²) in [5.74, 6) is -0.739. The Kier molecular flexibility index (Phi) is 4.02. The van der Waals surface area contributed by atoms with Crippen molar-refractivity contribution in [2.45, 2.75) is 32.4 Å². The minimum Gasteiger partial charge on any atom is -0.373 e. The summed E-state index contributed by atoms with van der Waals surface area (Å²) in [6.07, 6.45) is 0.133. The van der Waals surface area contributed by atoms with Gasteiger partial charge in [0.25, 0.3) is 5.91 Å². The fraction of sp³-hybridized carbons (Fsp3) is 0.357. The minimum absolute atomic E-state index is 0.0773. The van der Waals surface area contributed by atoms with Crippen molar-refractivity contribution in [3.8, 4) is 0 Å². The van der Waals surface area contributed by atoms with Crippen molar-refractivity contribution < 1.29 is 14.4 Å². The van der Waals surface area contributed by atoms with Gasteiger partial charge in [0.15, 0.2) is 0 Å². The summed E-state index contributed by atoms with van der Waals surface area (Å²) in [7, 11) is 0. The Bertz CT molecular complexity index is 537. The number of hydrogen-bond donors (Lipinski definition) is 3. The molecule has 1 aliphatic rings. The Morgan fingerprint density at radius 1 is 1.25 bits per heavy atom. The van der Waals surface area contributed by atoms with Crippen LogP contribution in [-0.2, 0) is 9.59 Å². The predicted molar refractivity (Wildman–Crippen MR) is 74.2 cm³/mol. The van der Waals surface area contributed by atoms with Crippen LogP contribution in [0, 0.1) is 0 Å². The van der Waals surface area contributed by atoms with Gasteiger partial charge in [0.05, 0.1) is 6.42 Å². The third-order valence-corrected chi connectivity index (χ3v) is 2.88. The molecule has 1 fully saturated rings. The normalized spacial score (nSPS) is 18.1. The van der Waals surface area contributed by atoms with Gasteiger partial charge in [0.2, 0.25) is 11.8 Å². The topological polar surface area (TPSA) is 87.3 Å². The molecule has 0 aromatic heterocycles. The van der Waals surface area contributed by atoms with E-state index in [4.69, 9.17) is 0 Å². The summed E-state index contributed by atoms with van der Waals surface area (Å²) < 4.78 is 0. The molecule has 1 saturated heterocycles. The molecule has 106 valence electrons. The third-order valence-electron chi connectivity index (χ3n) is 2.88. The van der Waals surface area contributed by atoms with E-state index in [0.717, 1.165) is 0 Å². The van der Waals surface area contributed by atoms with Crippen LogP contribution in [0.2, 0.25) is 0 Å². The maximum atomic E-state index is 11.8. The molecule has 1 atom stereocenters. The summed E-state index contributed by atoms with van der Waals surface area (Å²) in [5, 5.41) is 7.99. The van der Waals surface area contributed by atoms with Crippen LogP contribution in [0.25, 0.3) is 0 Å². The van der Waals surface area contributed by atoms with Crippen molar-refractivity contribution in [3.05, 3.63) is 29.8 Å². The highest BCUT2D eigenvalue weighted by molar-refractivity contribution is 6.06. The van der Waals surface area contributed by atoms with Crippen LogP contribution < -0.4 is 16.0 Å². The predicted octanol–water partition coefficient (Wildman–Crippen LogP) is 0.652. The van der Waals surface area contributed by atoms with Crippen molar-refractivity contribution in [2.75, 3.05) is 5.32 Å². The quantitative estimate of drug-likeness (QED) is 0.704. The van der Waals surface area contributed by atoms with Crippen molar-refractivity contribution in [2.24, 2.45) is 0 Å². The fourth-order valence-electron chi connectivity index (χ4n) is 1.93. The van der Waals surface area contributed by atoms with Gasteiger partial charge in [0, 0.05) is 17.3 Å². The highest BCUT2D eigenvalue weighted by atomic mass is 16.2. The molecule has 1 unspecified atom stereocenters. The summed E-state index contributed by atoms with van der Waals surface area (Å²) >= 11 is 0. The first-order chi connectivity index (χ1) is 9.45. The minimum atomic E-state index is -0.544. The maximum Gasteiger partial charge on any atom is 0.251 e. The van der Waals surface area contributed by atoms with E-state index in [2.05, 4.69) is 16.0 Å². The number of amides is 3. The van der Waals surface area contributed by atoms with Gasteiger partial charge in [0.1, 0.15) is 6.04 Å². The van der Waals surface area contributed by atoms with E-state index in [-0.39, 0.29) is 30.2 Å². The molecule has 1 heterocycles. The van der Waals surface area contributed by atoms with E-state index < -0.39 is 6.04 Å². The molecule has 0 radical (unpaired) electrons. The molecule has 6 heteroatoms. The van der Waals surface area contributed by atoms with Crippen molar-refractivity contribution in [3.63, 3.8) is 0 Å². The average Bonchev–Trinajstić information content (AvgIpc) is 2.68. The number of carbonyl (C=O) groups excluding carboxylic acids is 3. The smallest absolute Gasteiger partial charge is 0.251 e. The van der Waals surface area contributed by atoms with Gasteiger partial charge in [-0.2, -0.15) is 0 Å². The zero-order valence-corrected chi connectivity index (χ0v) is 11.4. The van der Waals surface area contributed by atoms with Crippen molar-refractivity contribution in [1.82, 2.24) is 10.6 Å². The highest BCUT2D eigenvalue weighted by Crippen LogP contribution is 2.14. The number of rotatable bonds is 4. The summed E-state index contributed by atoms with van der Waals surface area (Å²) in [5.41, 5.74) is 1.25. The van der Waals surface area contributed by atoms with Crippen LogP contribution in [0.15, 0.2) is 24.3 Å². The Morgan fingerprint density at radius 3 is 2.40 bits per heavy atom. The van der Waals surface area contributed by atoms with E-state index in [1.807, 2.05) is 13.8 Å². The number of benzene rings is 1. The Labute approximate surface area is 116 Å². The molecule has 0 spiro atoms. The first-order valence-electron chi connectivity index (χ1n) is 6.47. The van der Waals surface area contributed by atoms with Gasteiger partial charge < -0.3 is 10.6 Å². The lowest BCUT2D eigenvalue weighted by Crippen LogP contribution is -2.30. The first kappa shape index (κ1) is 14.0. The van der Waals surface area contributed by atoms with Gasteiger partial charge in [-0.15, -0.1) is 0 Å². The van der Waals surface area contributed by atoms with Crippen LogP contribution in [0.1, 0.15) is 30.6 Å². The number of imide groups is 1. The third kappa shape index (κ3) is 3.34. The SMILES string of the molecule is CC(C)NC(=O)c1ccc(NC2CC(=O)NC2=O)cc1. The van der Waals surface area contributed by atoms with E-state index >= 15 is 0 Å². The van der Waals surface area contributed by atoms with E-state index in [9.17, 15) is 14.4 Å². The fourth-order valence-corrected chi connectivity index (χ4v) is 1.93. The second-order valence-corrected chi connectivity index (χ2v) is 5.02. The van der Waals surface area contributed by atoms with Crippen LogP contribution in [0.4, 0.5) is 5.69 Å². The summed E-state index contributed by atoms with van der Waals surface area (Å²) in [6.45, 7) is 3.78. The molecule has 0 saturated carbocycles. The molecule has 0 aliphatic carbocycles. The monoisotopic (exact) mass is 275 g/mol. The molecule has 0 bridgehead atoms. The maximum absolute atomic E-state index is 11.8. The van der Waals surface area contributed by atoms with E-state index in [0.29, 0.717) is 11.3 Å². The largest absolute Gasteiger partial charge is 0.373 e. The van der Waals surface area contributed by atoms with Gasteiger partial charge in [-0.25, -0.2) is 0 Å². The molecule has 1 aromatic carbocycles. The van der Waals surface area contributed by atoms with Gasteiger partial charge in [-0.05, 0) is 38.1 Å². The molecule has 2 rings (SSSR count). The summed E-state index contributed by atoms with van der Waals surface area (Å²) in [6, 6.07) is 6.31. The lowest BCUT2D eigenvalue weighted by Gasteiger charge is -2.12. The number of nitrogens with one attached hydrogen (secondary N) is 3.